The van der Waals surface area contributed by atoms with E-state index in [0.717, 1.165) is 32.6 Å². The number of amides is 2. The minimum absolute atomic E-state index is 0.124. The van der Waals surface area contributed by atoms with Crippen LogP contribution < -0.4 is 5.32 Å². The van der Waals surface area contributed by atoms with E-state index < -0.39 is 0 Å². The fourth-order valence-electron chi connectivity index (χ4n) is 3.21. The van der Waals surface area contributed by atoms with Gasteiger partial charge in [-0.3, -0.25) is 9.69 Å². The summed E-state index contributed by atoms with van der Waals surface area (Å²) in [7, 11) is 0. The summed E-state index contributed by atoms with van der Waals surface area (Å²) in [6, 6.07) is 0. The molecular formula is C18H31N3O3. The molecule has 0 atom stereocenters. The largest absolute Gasteiger partial charge is 0.450 e. The number of hydrogen-bond donors (Lipinski definition) is 1. The third-order valence-electron chi connectivity index (χ3n) is 4.71. The van der Waals surface area contributed by atoms with E-state index >= 15 is 0 Å². The molecule has 0 unspecified atom stereocenters. The van der Waals surface area contributed by atoms with Crippen molar-refractivity contribution in [1.29, 1.82) is 0 Å². The number of ether oxygens (including phenoxy) is 1. The first kappa shape index (κ1) is 18.8. The third-order valence-corrected chi connectivity index (χ3v) is 4.71. The van der Waals surface area contributed by atoms with Crippen molar-refractivity contribution in [3.05, 3.63) is 11.6 Å². The lowest BCUT2D eigenvalue weighted by atomic mass is 9.97. The Morgan fingerprint density at radius 1 is 1.21 bits per heavy atom. The highest BCUT2D eigenvalue weighted by Crippen LogP contribution is 2.19. The summed E-state index contributed by atoms with van der Waals surface area (Å²) in [6.45, 7) is 6.70. The second-order valence-corrected chi connectivity index (χ2v) is 6.49. The van der Waals surface area contributed by atoms with Gasteiger partial charge in [-0.2, -0.15) is 0 Å². The maximum Gasteiger partial charge on any atom is 0.409 e. The van der Waals surface area contributed by atoms with Crippen molar-refractivity contribution in [2.75, 3.05) is 45.9 Å². The average molecular weight is 337 g/mol. The van der Waals surface area contributed by atoms with E-state index in [4.69, 9.17) is 4.74 Å². The Kier molecular flexibility index (Phi) is 8.08. The van der Waals surface area contributed by atoms with Crippen LogP contribution in [0, 0.1) is 0 Å². The molecule has 6 nitrogen and oxygen atoms in total. The number of rotatable bonds is 7. The van der Waals surface area contributed by atoms with Crippen molar-refractivity contribution >= 4 is 12.0 Å². The van der Waals surface area contributed by atoms with Gasteiger partial charge in [0.15, 0.2) is 0 Å². The molecule has 24 heavy (non-hydrogen) atoms. The topological polar surface area (TPSA) is 61.9 Å². The first-order valence-corrected chi connectivity index (χ1v) is 9.27. The van der Waals surface area contributed by atoms with E-state index in [-0.39, 0.29) is 12.0 Å². The van der Waals surface area contributed by atoms with Gasteiger partial charge in [-0.05, 0) is 39.0 Å². The summed E-state index contributed by atoms with van der Waals surface area (Å²) in [4.78, 5) is 27.5. The Labute approximate surface area is 145 Å². The smallest absolute Gasteiger partial charge is 0.409 e. The van der Waals surface area contributed by atoms with Crippen LogP contribution >= 0.6 is 0 Å². The van der Waals surface area contributed by atoms with Crippen molar-refractivity contribution in [3.63, 3.8) is 0 Å². The van der Waals surface area contributed by atoms with Crippen LogP contribution in [0.1, 0.15) is 45.4 Å². The molecule has 0 radical (unpaired) electrons. The zero-order valence-corrected chi connectivity index (χ0v) is 14.9. The number of allylic oxidation sites excluding steroid dienone is 1. The molecule has 2 amide bonds. The molecule has 0 aromatic carbocycles. The lowest BCUT2D eigenvalue weighted by Crippen LogP contribution is -2.49. The fraction of sp³-hybridized carbons (Fsp3) is 0.778. The monoisotopic (exact) mass is 337 g/mol. The molecule has 1 N–H and O–H groups in total. The van der Waals surface area contributed by atoms with E-state index in [1.54, 1.807) is 4.90 Å². The molecule has 1 aliphatic heterocycles. The van der Waals surface area contributed by atoms with E-state index in [1.165, 1.54) is 31.3 Å². The third kappa shape index (κ3) is 6.51. The molecule has 2 rings (SSSR count). The molecule has 2 aliphatic rings. The normalized spacial score (nSPS) is 18.9. The Morgan fingerprint density at radius 3 is 2.67 bits per heavy atom. The Morgan fingerprint density at radius 2 is 2.00 bits per heavy atom. The van der Waals surface area contributed by atoms with Crippen LogP contribution in [0.2, 0.25) is 0 Å². The van der Waals surface area contributed by atoms with E-state index in [9.17, 15) is 9.59 Å². The van der Waals surface area contributed by atoms with Crippen LogP contribution in [0.15, 0.2) is 11.6 Å². The van der Waals surface area contributed by atoms with E-state index in [1.807, 2.05) is 6.92 Å². The SMILES string of the molecule is CCOC(=O)N1CCN(CCC(=O)NCCC2=CCCCC2)CC1. The molecule has 1 fully saturated rings. The van der Waals surface area contributed by atoms with Gasteiger partial charge in [0.05, 0.1) is 6.61 Å². The summed E-state index contributed by atoms with van der Waals surface area (Å²) in [5, 5.41) is 3.02. The van der Waals surface area contributed by atoms with E-state index in [2.05, 4.69) is 16.3 Å². The molecule has 0 aromatic rings. The van der Waals surface area contributed by atoms with Gasteiger partial charge in [0, 0.05) is 45.7 Å². The van der Waals surface area contributed by atoms with Crippen molar-refractivity contribution in [3.8, 4) is 0 Å². The Hall–Kier alpha value is -1.56. The summed E-state index contributed by atoms with van der Waals surface area (Å²) in [6.07, 6.45) is 8.60. The van der Waals surface area contributed by atoms with Crippen LogP contribution in [0.4, 0.5) is 4.79 Å². The Bertz CT molecular complexity index is 443. The molecule has 6 heteroatoms. The predicted molar refractivity (Wildman–Crippen MR) is 93.8 cm³/mol. The van der Waals surface area contributed by atoms with Gasteiger partial charge in [0.1, 0.15) is 0 Å². The average Bonchev–Trinajstić information content (AvgIpc) is 2.61. The van der Waals surface area contributed by atoms with Crippen molar-refractivity contribution in [1.82, 2.24) is 15.1 Å². The number of nitrogens with one attached hydrogen (secondary N) is 1. The summed E-state index contributed by atoms with van der Waals surface area (Å²) < 4.78 is 5.01. The highest BCUT2D eigenvalue weighted by molar-refractivity contribution is 5.76. The molecule has 1 aliphatic carbocycles. The van der Waals surface area contributed by atoms with Crippen molar-refractivity contribution in [2.45, 2.75) is 45.4 Å². The minimum atomic E-state index is -0.230. The molecular weight excluding hydrogens is 306 g/mol. The van der Waals surface area contributed by atoms with Gasteiger partial charge in [-0.15, -0.1) is 0 Å². The lowest BCUT2D eigenvalue weighted by Gasteiger charge is -2.33. The summed E-state index contributed by atoms with van der Waals surface area (Å²) in [5.74, 6) is 0.124. The van der Waals surface area contributed by atoms with Crippen LogP contribution in [0.5, 0.6) is 0 Å². The number of carbonyl (C=O) groups excluding carboxylic acids is 2. The summed E-state index contributed by atoms with van der Waals surface area (Å²) in [5.41, 5.74) is 1.50. The van der Waals surface area contributed by atoms with Gasteiger partial charge in [-0.1, -0.05) is 11.6 Å². The van der Waals surface area contributed by atoms with Crippen LogP contribution in [0.25, 0.3) is 0 Å². The highest BCUT2D eigenvalue weighted by atomic mass is 16.6. The standard InChI is InChI=1S/C18H31N3O3/c1-2-24-18(23)21-14-12-20(13-15-21)11-9-17(22)19-10-8-16-6-4-3-5-7-16/h6H,2-5,7-15H2,1H3,(H,19,22). The van der Waals surface area contributed by atoms with Crippen LogP contribution in [-0.2, 0) is 9.53 Å². The van der Waals surface area contributed by atoms with Crippen molar-refractivity contribution in [2.24, 2.45) is 0 Å². The van der Waals surface area contributed by atoms with Gasteiger partial charge >= 0.3 is 6.09 Å². The molecule has 0 aromatic heterocycles. The fourth-order valence-corrected chi connectivity index (χ4v) is 3.21. The maximum atomic E-state index is 11.9. The summed E-state index contributed by atoms with van der Waals surface area (Å²) >= 11 is 0. The first-order valence-electron chi connectivity index (χ1n) is 9.27. The van der Waals surface area contributed by atoms with Gasteiger partial charge in [0.25, 0.3) is 0 Å². The van der Waals surface area contributed by atoms with Crippen LogP contribution in [0.3, 0.4) is 0 Å². The first-order chi connectivity index (χ1) is 11.7. The number of nitrogens with zero attached hydrogens (tertiary/aromatic N) is 2. The molecule has 0 bridgehead atoms. The van der Waals surface area contributed by atoms with Crippen molar-refractivity contribution < 1.29 is 14.3 Å². The number of piperazine rings is 1. The van der Waals surface area contributed by atoms with Gasteiger partial charge in [-0.25, -0.2) is 4.79 Å². The highest BCUT2D eigenvalue weighted by Gasteiger charge is 2.21. The lowest BCUT2D eigenvalue weighted by molar-refractivity contribution is -0.121. The number of hydrogen-bond acceptors (Lipinski definition) is 4. The second kappa shape index (κ2) is 10.3. The molecule has 1 heterocycles. The second-order valence-electron chi connectivity index (χ2n) is 6.49. The maximum absolute atomic E-state index is 11.9. The minimum Gasteiger partial charge on any atom is -0.450 e. The van der Waals surface area contributed by atoms with Gasteiger partial charge < -0.3 is 15.0 Å². The quantitative estimate of drug-likeness (QED) is 0.723. The van der Waals surface area contributed by atoms with Crippen LogP contribution in [-0.4, -0.2) is 67.7 Å². The molecule has 1 saturated heterocycles. The molecule has 0 saturated carbocycles. The Balaban J connectivity index is 1.54. The zero-order valence-electron chi connectivity index (χ0n) is 14.9. The molecule has 136 valence electrons. The van der Waals surface area contributed by atoms with E-state index in [0.29, 0.717) is 26.1 Å². The van der Waals surface area contributed by atoms with Gasteiger partial charge in [0.2, 0.25) is 5.91 Å². The number of carbonyl (C=O) groups is 2. The zero-order chi connectivity index (χ0) is 17.2. The predicted octanol–water partition coefficient (Wildman–Crippen LogP) is 2.16. The molecule has 0 spiro atoms.